The first-order valence-corrected chi connectivity index (χ1v) is 17.1. The number of hydrogen-bond acceptors (Lipinski definition) is 2. The molecule has 11 rings (SSSR count). The molecule has 0 saturated heterocycles. The van der Waals surface area contributed by atoms with Crippen LogP contribution in [0.3, 0.4) is 0 Å². The predicted molar refractivity (Wildman–Crippen MR) is 210 cm³/mol. The van der Waals surface area contributed by atoms with E-state index in [2.05, 4.69) is 152 Å². The molecule has 232 valence electrons. The molecule has 11 aromatic rings. The second-order valence-corrected chi connectivity index (χ2v) is 13.2. The minimum absolute atomic E-state index is 0.838. The van der Waals surface area contributed by atoms with E-state index in [9.17, 15) is 0 Å². The van der Waals surface area contributed by atoms with Gasteiger partial charge in [-0.15, -0.1) is 0 Å². The summed E-state index contributed by atoms with van der Waals surface area (Å²) in [5.41, 5.74) is 10.7. The molecule has 50 heavy (non-hydrogen) atoms. The molecule has 0 aliphatic rings. The van der Waals surface area contributed by atoms with Gasteiger partial charge in [0.15, 0.2) is 0 Å². The van der Waals surface area contributed by atoms with Crippen LogP contribution in [0.25, 0.3) is 110 Å². The standard InChI is InChI=1S/C48H28O2/c1-2-12-33-30(10-1)11-9-18-36(33)48-39-16-5-3-14-37(39)47(38-15-4-6-17-40(38)48)31-22-20-29(21-23-31)32-24-25-35-42-27-41-34-13-7-8-19-43(34)49-45(41)28-46(42)50-44(35)26-32/h1-28H. The summed E-state index contributed by atoms with van der Waals surface area (Å²) in [6, 6.07) is 61.0. The van der Waals surface area contributed by atoms with Crippen molar-refractivity contribution in [2.45, 2.75) is 0 Å². The van der Waals surface area contributed by atoms with Gasteiger partial charge >= 0.3 is 0 Å². The summed E-state index contributed by atoms with van der Waals surface area (Å²) in [5, 5.41) is 12.0. The Kier molecular flexibility index (Phi) is 5.70. The van der Waals surface area contributed by atoms with Crippen molar-refractivity contribution in [2.24, 2.45) is 0 Å². The van der Waals surface area contributed by atoms with E-state index in [1.807, 2.05) is 18.2 Å². The molecule has 2 heterocycles. The van der Waals surface area contributed by atoms with Crippen LogP contribution in [0.5, 0.6) is 0 Å². The summed E-state index contributed by atoms with van der Waals surface area (Å²) in [5.74, 6) is 0. The van der Waals surface area contributed by atoms with E-state index in [4.69, 9.17) is 8.83 Å². The summed E-state index contributed by atoms with van der Waals surface area (Å²) in [4.78, 5) is 0. The lowest BCUT2D eigenvalue weighted by atomic mass is 9.84. The molecule has 0 saturated carbocycles. The van der Waals surface area contributed by atoms with Gasteiger partial charge in [-0.1, -0.05) is 140 Å². The van der Waals surface area contributed by atoms with Gasteiger partial charge < -0.3 is 8.83 Å². The number of benzene rings is 9. The maximum atomic E-state index is 6.42. The second-order valence-electron chi connectivity index (χ2n) is 13.2. The lowest BCUT2D eigenvalue weighted by molar-refractivity contribution is 0.656. The molecule has 0 aliphatic carbocycles. The van der Waals surface area contributed by atoms with Crippen molar-refractivity contribution in [3.05, 3.63) is 170 Å². The fourth-order valence-corrected chi connectivity index (χ4v) is 8.18. The maximum absolute atomic E-state index is 6.42. The molecule has 9 aromatic carbocycles. The van der Waals surface area contributed by atoms with Crippen LogP contribution in [0.2, 0.25) is 0 Å². The molecule has 0 fully saturated rings. The number of para-hydroxylation sites is 1. The Morgan fingerprint density at radius 2 is 0.760 bits per heavy atom. The van der Waals surface area contributed by atoms with Crippen molar-refractivity contribution in [2.75, 3.05) is 0 Å². The van der Waals surface area contributed by atoms with Gasteiger partial charge in [-0.3, -0.25) is 0 Å². The van der Waals surface area contributed by atoms with Crippen molar-refractivity contribution in [1.29, 1.82) is 0 Å². The molecule has 0 spiro atoms. The van der Waals surface area contributed by atoms with Gasteiger partial charge in [-0.25, -0.2) is 0 Å². The van der Waals surface area contributed by atoms with E-state index in [1.54, 1.807) is 0 Å². The van der Waals surface area contributed by atoms with Crippen LogP contribution in [0.4, 0.5) is 0 Å². The van der Waals surface area contributed by atoms with Crippen molar-refractivity contribution < 1.29 is 8.83 Å². The van der Waals surface area contributed by atoms with E-state index in [-0.39, 0.29) is 0 Å². The number of furan rings is 2. The predicted octanol–water partition coefficient (Wildman–Crippen LogP) is 13.9. The van der Waals surface area contributed by atoms with Gasteiger partial charge in [0.25, 0.3) is 0 Å². The Morgan fingerprint density at radius 3 is 1.48 bits per heavy atom. The molecule has 0 unspecified atom stereocenters. The van der Waals surface area contributed by atoms with E-state index in [1.165, 1.54) is 54.6 Å². The topological polar surface area (TPSA) is 26.3 Å². The Balaban J connectivity index is 1.05. The highest BCUT2D eigenvalue weighted by Crippen LogP contribution is 2.45. The van der Waals surface area contributed by atoms with E-state index in [0.717, 1.165) is 55.0 Å². The fourth-order valence-electron chi connectivity index (χ4n) is 8.18. The molecule has 2 heteroatoms. The molecule has 0 radical (unpaired) electrons. The summed E-state index contributed by atoms with van der Waals surface area (Å²) in [7, 11) is 0. The first-order chi connectivity index (χ1) is 24.8. The highest BCUT2D eigenvalue weighted by atomic mass is 16.3. The molecule has 0 aliphatic heterocycles. The van der Waals surface area contributed by atoms with Gasteiger partial charge in [0, 0.05) is 27.6 Å². The Bertz CT molecular complexity index is 3080. The Labute approximate surface area is 287 Å². The van der Waals surface area contributed by atoms with Crippen molar-refractivity contribution >= 4 is 76.2 Å². The monoisotopic (exact) mass is 636 g/mol. The smallest absolute Gasteiger partial charge is 0.139 e. The van der Waals surface area contributed by atoms with Crippen LogP contribution < -0.4 is 0 Å². The Morgan fingerprint density at radius 1 is 0.260 bits per heavy atom. The Hall–Kier alpha value is -6.64. The van der Waals surface area contributed by atoms with Crippen LogP contribution in [0.15, 0.2) is 179 Å². The third-order valence-corrected chi connectivity index (χ3v) is 10.5. The molecule has 0 bridgehead atoms. The number of rotatable bonds is 3. The third kappa shape index (κ3) is 3.96. The maximum Gasteiger partial charge on any atom is 0.139 e. The van der Waals surface area contributed by atoms with Gasteiger partial charge in [-0.05, 0) is 90.0 Å². The molecule has 0 N–H and O–H groups in total. The van der Waals surface area contributed by atoms with Crippen LogP contribution in [-0.4, -0.2) is 0 Å². The number of hydrogen-bond donors (Lipinski definition) is 0. The summed E-state index contributed by atoms with van der Waals surface area (Å²) < 4.78 is 12.6. The fraction of sp³-hybridized carbons (Fsp3) is 0. The quantitative estimate of drug-likeness (QED) is 0.180. The first-order valence-electron chi connectivity index (χ1n) is 17.1. The van der Waals surface area contributed by atoms with Crippen molar-refractivity contribution in [3.8, 4) is 33.4 Å². The largest absolute Gasteiger partial charge is 0.456 e. The zero-order valence-corrected chi connectivity index (χ0v) is 27.0. The summed E-state index contributed by atoms with van der Waals surface area (Å²) in [6.45, 7) is 0. The molecule has 0 amide bonds. The van der Waals surface area contributed by atoms with Crippen molar-refractivity contribution in [1.82, 2.24) is 0 Å². The summed E-state index contributed by atoms with van der Waals surface area (Å²) in [6.07, 6.45) is 0. The zero-order valence-electron chi connectivity index (χ0n) is 27.0. The van der Waals surface area contributed by atoms with E-state index >= 15 is 0 Å². The van der Waals surface area contributed by atoms with Gasteiger partial charge in [-0.2, -0.15) is 0 Å². The highest BCUT2D eigenvalue weighted by Gasteiger charge is 2.18. The van der Waals surface area contributed by atoms with Crippen LogP contribution in [-0.2, 0) is 0 Å². The summed E-state index contributed by atoms with van der Waals surface area (Å²) >= 11 is 0. The second kappa shape index (κ2) is 10.4. The molecule has 0 atom stereocenters. The minimum atomic E-state index is 0.838. The minimum Gasteiger partial charge on any atom is -0.456 e. The molecular formula is C48H28O2. The number of fused-ring (bicyclic) bond motifs is 9. The zero-order chi connectivity index (χ0) is 32.8. The molecule has 2 nitrogen and oxygen atoms in total. The molecule has 2 aromatic heterocycles. The van der Waals surface area contributed by atoms with Gasteiger partial charge in [0.05, 0.1) is 0 Å². The van der Waals surface area contributed by atoms with Crippen LogP contribution >= 0.6 is 0 Å². The van der Waals surface area contributed by atoms with Crippen LogP contribution in [0.1, 0.15) is 0 Å². The average molecular weight is 637 g/mol. The molecular weight excluding hydrogens is 609 g/mol. The van der Waals surface area contributed by atoms with E-state index < -0.39 is 0 Å². The SMILES string of the molecule is c1ccc2c(-c3c4ccccc4c(-c4ccc(-c5ccc6c(c5)oc5cc7oc8ccccc8c7cc56)cc4)c4ccccc34)cccc2c1. The lowest BCUT2D eigenvalue weighted by Crippen LogP contribution is -1.91. The van der Waals surface area contributed by atoms with E-state index in [0.29, 0.717) is 0 Å². The lowest BCUT2D eigenvalue weighted by Gasteiger charge is -2.19. The van der Waals surface area contributed by atoms with Gasteiger partial charge in [0.2, 0.25) is 0 Å². The van der Waals surface area contributed by atoms with Gasteiger partial charge in [0.1, 0.15) is 22.3 Å². The normalized spacial score (nSPS) is 12.0. The first kappa shape index (κ1) is 27.3. The highest BCUT2D eigenvalue weighted by molar-refractivity contribution is 6.23. The van der Waals surface area contributed by atoms with Crippen molar-refractivity contribution in [3.63, 3.8) is 0 Å². The van der Waals surface area contributed by atoms with Crippen LogP contribution in [0, 0.1) is 0 Å². The average Bonchev–Trinajstić information content (AvgIpc) is 3.72. The third-order valence-electron chi connectivity index (χ3n) is 10.5.